The first-order valence-electron chi connectivity index (χ1n) is 15.3. The lowest BCUT2D eigenvalue weighted by molar-refractivity contribution is -0.141. The second-order valence-corrected chi connectivity index (χ2v) is 11.1. The number of carbonyl (C=O) groups is 3. The first-order chi connectivity index (χ1) is 22.0. The molecule has 2 aliphatic heterocycles. The Kier molecular flexibility index (Phi) is 8.91. The van der Waals surface area contributed by atoms with Crippen LogP contribution in [0.2, 0.25) is 0 Å². The number of imide groups is 1. The van der Waals surface area contributed by atoms with Crippen LogP contribution in [0.25, 0.3) is 33.3 Å². The summed E-state index contributed by atoms with van der Waals surface area (Å²) in [5.74, 6) is -1.31. The van der Waals surface area contributed by atoms with E-state index in [9.17, 15) is 19.2 Å². The van der Waals surface area contributed by atoms with Gasteiger partial charge in [0, 0.05) is 60.8 Å². The van der Waals surface area contributed by atoms with Crippen molar-refractivity contribution in [3.05, 3.63) is 102 Å². The average Bonchev–Trinajstić information content (AvgIpc) is 3.71. The maximum Gasteiger partial charge on any atom is 0.274 e. The van der Waals surface area contributed by atoms with E-state index < -0.39 is 11.8 Å². The summed E-state index contributed by atoms with van der Waals surface area (Å²) in [4.78, 5) is 56.8. The summed E-state index contributed by atoms with van der Waals surface area (Å²) in [5, 5.41) is 8.47. The molecule has 1 N–H and O–H groups in total. The number of aromatic nitrogens is 3. The zero-order chi connectivity index (χ0) is 31.2. The molecular formula is C35H34N6O4. The Morgan fingerprint density at radius 1 is 0.867 bits per heavy atom. The predicted octanol–water partition coefficient (Wildman–Crippen LogP) is 4.45. The Morgan fingerprint density at radius 2 is 1.67 bits per heavy atom. The lowest BCUT2D eigenvalue weighted by Gasteiger charge is -2.16. The highest BCUT2D eigenvalue weighted by atomic mass is 16.2. The van der Waals surface area contributed by atoms with E-state index in [1.54, 1.807) is 10.9 Å². The van der Waals surface area contributed by atoms with Crippen LogP contribution in [-0.4, -0.2) is 57.0 Å². The highest BCUT2D eigenvalue weighted by Crippen LogP contribution is 2.29. The van der Waals surface area contributed by atoms with Crippen LogP contribution in [0.1, 0.15) is 32.1 Å². The normalized spacial score (nSPS) is 14.2. The number of carbonyl (C=O) groups excluding carboxylic acids is 3. The van der Waals surface area contributed by atoms with Gasteiger partial charge in [0.2, 0.25) is 5.91 Å². The average molecular weight is 603 g/mol. The number of hydrogen-bond donors (Lipinski definition) is 1. The molecule has 10 nitrogen and oxygen atoms in total. The number of benzene rings is 2. The van der Waals surface area contributed by atoms with Crippen LogP contribution in [0, 0.1) is 0 Å². The van der Waals surface area contributed by atoms with E-state index in [2.05, 4.69) is 39.6 Å². The summed E-state index contributed by atoms with van der Waals surface area (Å²) in [6.45, 7) is 1.59. The van der Waals surface area contributed by atoms with Crippen LogP contribution in [0.3, 0.4) is 0 Å². The van der Waals surface area contributed by atoms with E-state index in [-0.39, 0.29) is 18.0 Å². The predicted molar refractivity (Wildman–Crippen MR) is 173 cm³/mol. The summed E-state index contributed by atoms with van der Waals surface area (Å²) in [6, 6.07) is 19.8. The number of unbranched alkanes of at least 4 members (excludes halogenated alkanes) is 3. The number of nitrogens with one attached hydrogen (secondary N) is 1. The minimum atomic E-state index is -0.472. The molecule has 4 heterocycles. The second-order valence-electron chi connectivity index (χ2n) is 11.1. The minimum Gasteiger partial charge on any atom is -0.355 e. The molecule has 0 saturated heterocycles. The molecular weight excluding hydrogens is 568 g/mol. The molecule has 10 heteroatoms. The molecule has 6 rings (SSSR count). The summed E-state index contributed by atoms with van der Waals surface area (Å²) in [6.07, 6.45) is 12.5. The van der Waals surface area contributed by atoms with Gasteiger partial charge in [0.15, 0.2) is 0 Å². The van der Waals surface area contributed by atoms with Gasteiger partial charge < -0.3 is 10.2 Å². The van der Waals surface area contributed by atoms with Crippen LogP contribution < -0.4 is 15.8 Å². The fraction of sp³-hybridized carbons (Fsp3) is 0.257. The van der Waals surface area contributed by atoms with Gasteiger partial charge in [0.05, 0.1) is 16.8 Å². The number of amides is 3. The standard InChI is InChI=1S/C35H34N6O4/c42-32(24-40-33(43)16-17-34(40)44)37-18-3-1-2-4-22-41-35(45)29(27-9-7-11-30-28(27)10-8-19-36-30)23-31(38-41)25-12-14-26(15-13-25)39-20-5-6-21-39/h5,7-17,19-20,23H,1-4,6,18,21-22,24H2,(H,37,42). The van der Waals surface area contributed by atoms with Gasteiger partial charge in [-0.2, -0.15) is 5.10 Å². The first kappa shape index (κ1) is 29.7. The van der Waals surface area contributed by atoms with Crippen molar-refractivity contribution < 1.29 is 14.4 Å². The molecule has 4 aromatic rings. The Morgan fingerprint density at radius 3 is 2.44 bits per heavy atom. The second kappa shape index (κ2) is 13.5. The SMILES string of the molecule is O=C(CN1C(=O)C=CC1=O)NCCCCCCn1nc(-c2ccc(N3C=CCC3)cc2)cc(-c2cccc3ncccc23)c1=O. The van der Waals surface area contributed by atoms with E-state index >= 15 is 0 Å². The third kappa shape index (κ3) is 6.75. The summed E-state index contributed by atoms with van der Waals surface area (Å²) < 4.78 is 1.57. The van der Waals surface area contributed by atoms with Gasteiger partial charge in [-0.15, -0.1) is 0 Å². The molecule has 0 unspecified atom stereocenters. The number of hydrogen-bond acceptors (Lipinski definition) is 7. The molecule has 45 heavy (non-hydrogen) atoms. The molecule has 0 spiro atoms. The van der Waals surface area contributed by atoms with E-state index in [4.69, 9.17) is 5.10 Å². The molecule has 0 radical (unpaired) electrons. The van der Waals surface area contributed by atoms with Gasteiger partial charge in [-0.25, -0.2) is 4.68 Å². The fourth-order valence-corrected chi connectivity index (χ4v) is 5.65. The van der Waals surface area contributed by atoms with Crippen LogP contribution >= 0.6 is 0 Å². The van der Waals surface area contributed by atoms with E-state index in [0.717, 1.165) is 89.1 Å². The lowest BCUT2D eigenvalue weighted by Crippen LogP contribution is -2.40. The highest BCUT2D eigenvalue weighted by molar-refractivity contribution is 6.14. The maximum absolute atomic E-state index is 13.8. The van der Waals surface area contributed by atoms with Crippen LogP contribution in [-0.2, 0) is 20.9 Å². The van der Waals surface area contributed by atoms with E-state index in [0.29, 0.717) is 18.7 Å². The summed E-state index contributed by atoms with van der Waals surface area (Å²) in [5.41, 5.74) is 4.85. The van der Waals surface area contributed by atoms with Crippen molar-refractivity contribution >= 4 is 34.3 Å². The molecule has 0 fully saturated rings. The number of fused-ring (bicyclic) bond motifs is 1. The van der Waals surface area contributed by atoms with Gasteiger partial charge in [-0.05, 0) is 55.2 Å². The van der Waals surface area contributed by atoms with Crippen molar-refractivity contribution in [1.82, 2.24) is 25.0 Å². The third-order valence-electron chi connectivity index (χ3n) is 8.05. The Balaban J connectivity index is 1.14. The van der Waals surface area contributed by atoms with E-state index in [1.807, 2.05) is 48.5 Å². The van der Waals surface area contributed by atoms with Crippen molar-refractivity contribution in [1.29, 1.82) is 0 Å². The van der Waals surface area contributed by atoms with E-state index in [1.165, 1.54) is 0 Å². The Hall–Kier alpha value is -5.38. The summed E-state index contributed by atoms with van der Waals surface area (Å²) in [7, 11) is 0. The Labute approximate surface area is 260 Å². The van der Waals surface area contributed by atoms with Gasteiger partial charge in [0.25, 0.3) is 17.4 Å². The number of pyridine rings is 1. The topological polar surface area (TPSA) is 118 Å². The Bertz CT molecular complexity index is 1840. The van der Waals surface area contributed by atoms with Crippen LogP contribution in [0.4, 0.5) is 5.69 Å². The van der Waals surface area contributed by atoms with Crippen LogP contribution in [0.15, 0.2) is 96.1 Å². The molecule has 2 aromatic carbocycles. The van der Waals surface area contributed by atoms with Gasteiger partial charge in [-0.1, -0.05) is 49.2 Å². The smallest absolute Gasteiger partial charge is 0.274 e. The van der Waals surface area contributed by atoms with Crippen LogP contribution in [0.5, 0.6) is 0 Å². The fourth-order valence-electron chi connectivity index (χ4n) is 5.65. The molecule has 0 atom stereocenters. The van der Waals surface area contributed by atoms with Gasteiger partial charge >= 0.3 is 0 Å². The largest absolute Gasteiger partial charge is 0.355 e. The molecule has 0 bridgehead atoms. The molecule has 228 valence electrons. The van der Waals surface area contributed by atoms with Crippen molar-refractivity contribution in [2.24, 2.45) is 0 Å². The van der Waals surface area contributed by atoms with Crippen molar-refractivity contribution in [3.63, 3.8) is 0 Å². The summed E-state index contributed by atoms with van der Waals surface area (Å²) >= 11 is 0. The zero-order valence-corrected chi connectivity index (χ0v) is 24.9. The van der Waals surface area contributed by atoms with Crippen molar-refractivity contribution in [2.75, 3.05) is 24.5 Å². The highest BCUT2D eigenvalue weighted by Gasteiger charge is 2.25. The number of rotatable bonds is 12. The van der Waals surface area contributed by atoms with Crippen molar-refractivity contribution in [3.8, 4) is 22.4 Å². The third-order valence-corrected chi connectivity index (χ3v) is 8.05. The number of anilines is 1. The molecule has 3 amide bonds. The molecule has 2 aromatic heterocycles. The maximum atomic E-state index is 13.8. The van der Waals surface area contributed by atoms with Crippen molar-refractivity contribution in [2.45, 2.75) is 38.6 Å². The molecule has 2 aliphatic rings. The number of nitrogens with zero attached hydrogens (tertiary/aromatic N) is 5. The zero-order valence-electron chi connectivity index (χ0n) is 24.9. The monoisotopic (exact) mass is 602 g/mol. The van der Waals surface area contributed by atoms with Gasteiger partial charge in [-0.3, -0.25) is 29.1 Å². The minimum absolute atomic E-state index is 0.151. The first-order valence-corrected chi connectivity index (χ1v) is 15.3. The number of aryl methyl sites for hydroxylation is 1. The molecule has 0 aliphatic carbocycles. The quantitative estimate of drug-likeness (QED) is 0.188. The molecule has 0 saturated carbocycles. The van der Waals surface area contributed by atoms with Gasteiger partial charge in [0.1, 0.15) is 6.54 Å². The lowest BCUT2D eigenvalue weighted by atomic mass is 10.00.